The Morgan fingerprint density at radius 2 is 1.59 bits per heavy atom. The van der Waals surface area contributed by atoms with Gasteiger partial charge in [0, 0.05) is 22.7 Å². The minimum atomic E-state index is -1.40. The molecule has 0 heterocycles. The lowest BCUT2D eigenvalue weighted by Crippen LogP contribution is -2.63. The molecule has 5 aliphatic rings. The fourth-order valence-electron chi connectivity index (χ4n) is 10.4. The quantitative estimate of drug-likeness (QED) is 0.419. The molecule has 0 radical (unpaired) electrons. The van der Waals surface area contributed by atoms with Gasteiger partial charge in [-0.3, -0.25) is 4.79 Å². The van der Waals surface area contributed by atoms with Crippen molar-refractivity contribution in [3.8, 4) is 0 Å². The van der Waals surface area contributed by atoms with E-state index in [1.165, 1.54) is 18.4 Å². The van der Waals surface area contributed by atoms with Crippen LogP contribution in [-0.4, -0.2) is 38.9 Å². The van der Waals surface area contributed by atoms with Crippen LogP contribution in [0.4, 0.5) is 0 Å². The zero-order chi connectivity index (χ0) is 25.3. The third-order valence-electron chi connectivity index (χ3n) is 13.3. The SMILES string of the molecule is C[C@H]1[C@H](C)CC[C@]2(C)CC=C3[C@@](C)(CC[C@@]4(C)C(=O)[C@H]5C[C@H](O)C(C)(C)[C@]5(O)C[C@H](O)[C@@]34C)[C@H]12. The van der Waals surface area contributed by atoms with Gasteiger partial charge in [-0.15, -0.1) is 0 Å². The van der Waals surface area contributed by atoms with Gasteiger partial charge in [-0.25, -0.2) is 0 Å². The van der Waals surface area contributed by atoms with Gasteiger partial charge >= 0.3 is 0 Å². The highest BCUT2D eigenvalue weighted by atomic mass is 16.3. The summed E-state index contributed by atoms with van der Waals surface area (Å²) in [6.07, 6.45) is 6.44. The van der Waals surface area contributed by atoms with Crippen LogP contribution in [0.2, 0.25) is 0 Å². The van der Waals surface area contributed by atoms with E-state index in [2.05, 4.69) is 47.6 Å². The van der Waals surface area contributed by atoms with Crippen molar-refractivity contribution in [1.82, 2.24) is 0 Å². The molecule has 0 aromatic rings. The summed E-state index contributed by atoms with van der Waals surface area (Å²) in [6, 6.07) is 0. The van der Waals surface area contributed by atoms with Gasteiger partial charge in [-0.05, 0) is 67.1 Å². The van der Waals surface area contributed by atoms with Crippen LogP contribution in [-0.2, 0) is 4.79 Å². The Bertz CT molecular complexity index is 938. The van der Waals surface area contributed by atoms with E-state index in [4.69, 9.17) is 0 Å². The molecule has 34 heavy (non-hydrogen) atoms. The maximum absolute atomic E-state index is 14.4. The topological polar surface area (TPSA) is 77.8 Å². The van der Waals surface area contributed by atoms with E-state index in [1.807, 2.05) is 13.8 Å². The average Bonchev–Trinajstić information content (AvgIpc) is 2.90. The number of rotatable bonds is 0. The normalized spacial score (nSPS) is 58.7. The Morgan fingerprint density at radius 3 is 2.24 bits per heavy atom. The third kappa shape index (κ3) is 2.59. The fourth-order valence-corrected chi connectivity index (χ4v) is 10.4. The summed E-state index contributed by atoms with van der Waals surface area (Å²) in [4.78, 5) is 14.4. The Hall–Kier alpha value is -0.710. The highest BCUT2D eigenvalue weighted by Gasteiger charge is 2.73. The number of hydrogen-bond donors (Lipinski definition) is 3. The number of carbonyl (C=O) groups excluding carboxylic acids is 1. The molecule has 5 rings (SSSR count). The molecule has 192 valence electrons. The van der Waals surface area contributed by atoms with Crippen molar-refractivity contribution in [1.29, 1.82) is 0 Å². The zero-order valence-corrected chi connectivity index (χ0v) is 22.7. The largest absolute Gasteiger partial charge is 0.392 e. The minimum absolute atomic E-state index is 0.0556. The highest BCUT2D eigenvalue weighted by Crippen LogP contribution is 2.73. The standard InChI is InChI=1S/C30H48O4/c1-17-9-11-26(5)12-10-20-27(6,23(26)18(17)2)13-14-28(7)24(33)19-15-21(31)25(3,4)30(19,34)16-22(32)29(20,28)8/h10,17-19,21-23,31-32,34H,9,11-16H2,1-8H3/t17-,18+,19-,21+,22+,23-,26-,27-,28+,29-,30+/m1/s1. The van der Waals surface area contributed by atoms with Gasteiger partial charge in [0.15, 0.2) is 0 Å². The van der Waals surface area contributed by atoms with Crippen molar-refractivity contribution in [3.63, 3.8) is 0 Å². The summed E-state index contributed by atoms with van der Waals surface area (Å²) in [5.74, 6) is 1.22. The van der Waals surface area contributed by atoms with Gasteiger partial charge in [0.05, 0.1) is 23.7 Å². The molecule has 0 saturated heterocycles. The molecule has 0 spiro atoms. The molecule has 0 aromatic heterocycles. The van der Waals surface area contributed by atoms with Crippen LogP contribution in [0.1, 0.15) is 100 Å². The molecule has 4 nitrogen and oxygen atoms in total. The van der Waals surface area contributed by atoms with Crippen LogP contribution in [0.3, 0.4) is 0 Å². The number of Topliss-reactive ketones (excluding diaryl/α,β-unsaturated/α-hetero) is 1. The number of allylic oxidation sites excluding steroid dienone is 1. The molecule has 5 aliphatic carbocycles. The summed E-state index contributed by atoms with van der Waals surface area (Å²) in [7, 11) is 0. The van der Waals surface area contributed by atoms with E-state index in [1.54, 1.807) is 0 Å². The molecule has 0 aliphatic heterocycles. The summed E-state index contributed by atoms with van der Waals surface area (Å²) in [5, 5.41) is 34.9. The van der Waals surface area contributed by atoms with E-state index < -0.39 is 40.0 Å². The maximum Gasteiger partial charge on any atom is 0.145 e. The highest BCUT2D eigenvalue weighted by molar-refractivity contribution is 5.90. The third-order valence-corrected chi connectivity index (χ3v) is 13.3. The number of fused-ring (bicyclic) bond motifs is 6. The van der Waals surface area contributed by atoms with Crippen molar-refractivity contribution in [2.24, 2.45) is 50.7 Å². The number of aliphatic hydroxyl groups excluding tert-OH is 2. The molecule has 0 bridgehead atoms. The summed E-state index contributed by atoms with van der Waals surface area (Å²) in [6.45, 7) is 17.6. The first kappa shape index (κ1) is 25.0. The van der Waals surface area contributed by atoms with Crippen molar-refractivity contribution in [2.75, 3.05) is 0 Å². The molecule has 11 atom stereocenters. The Balaban J connectivity index is 1.68. The monoisotopic (exact) mass is 472 g/mol. The number of carbonyl (C=O) groups is 1. The Kier molecular flexibility index (Phi) is 5.13. The van der Waals surface area contributed by atoms with Gasteiger partial charge in [-0.2, -0.15) is 0 Å². The molecule has 4 heteroatoms. The average molecular weight is 473 g/mol. The van der Waals surface area contributed by atoms with Gasteiger partial charge in [-0.1, -0.05) is 67.0 Å². The minimum Gasteiger partial charge on any atom is -0.392 e. The lowest BCUT2D eigenvalue weighted by molar-refractivity contribution is -0.156. The number of ketones is 1. The molecule has 0 aromatic carbocycles. The van der Waals surface area contributed by atoms with Gasteiger partial charge in [0.2, 0.25) is 0 Å². The second kappa shape index (κ2) is 6.98. The van der Waals surface area contributed by atoms with Gasteiger partial charge < -0.3 is 15.3 Å². The fraction of sp³-hybridized carbons (Fsp3) is 0.900. The first-order valence-corrected chi connectivity index (χ1v) is 13.8. The Morgan fingerprint density at radius 1 is 0.941 bits per heavy atom. The van der Waals surface area contributed by atoms with Crippen LogP contribution in [0.15, 0.2) is 11.6 Å². The van der Waals surface area contributed by atoms with E-state index in [9.17, 15) is 20.1 Å². The summed E-state index contributed by atoms with van der Waals surface area (Å²) >= 11 is 0. The van der Waals surface area contributed by atoms with Crippen molar-refractivity contribution < 1.29 is 20.1 Å². The van der Waals surface area contributed by atoms with Gasteiger partial charge in [0.25, 0.3) is 0 Å². The van der Waals surface area contributed by atoms with Crippen LogP contribution in [0.25, 0.3) is 0 Å². The van der Waals surface area contributed by atoms with Crippen molar-refractivity contribution >= 4 is 5.78 Å². The maximum atomic E-state index is 14.4. The molecule has 4 saturated carbocycles. The second-order valence-electron chi connectivity index (χ2n) is 14.8. The first-order chi connectivity index (χ1) is 15.5. The molecule has 0 unspecified atom stereocenters. The summed E-state index contributed by atoms with van der Waals surface area (Å²) in [5.41, 5.74) is -2.25. The smallest absolute Gasteiger partial charge is 0.145 e. The zero-order valence-electron chi connectivity index (χ0n) is 22.7. The van der Waals surface area contributed by atoms with Crippen LogP contribution in [0.5, 0.6) is 0 Å². The lowest BCUT2D eigenvalue weighted by atomic mass is 9.37. The molecule has 3 N–H and O–H groups in total. The molecular formula is C30H48O4. The predicted octanol–water partition coefficient (Wildman–Crippen LogP) is 5.29. The van der Waals surface area contributed by atoms with Crippen molar-refractivity contribution in [3.05, 3.63) is 11.6 Å². The van der Waals surface area contributed by atoms with E-state index in [0.29, 0.717) is 17.8 Å². The number of hydrogen-bond acceptors (Lipinski definition) is 4. The summed E-state index contributed by atoms with van der Waals surface area (Å²) < 4.78 is 0. The van der Waals surface area contributed by atoms with E-state index in [-0.39, 0.29) is 29.5 Å². The van der Waals surface area contributed by atoms with Gasteiger partial charge in [0.1, 0.15) is 5.78 Å². The van der Waals surface area contributed by atoms with E-state index in [0.717, 1.165) is 19.3 Å². The molecule has 4 fully saturated rings. The molecule has 0 amide bonds. The van der Waals surface area contributed by atoms with Crippen LogP contribution >= 0.6 is 0 Å². The predicted molar refractivity (Wildman–Crippen MR) is 134 cm³/mol. The Labute approximate surface area is 206 Å². The first-order valence-electron chi connectivity index (χ1n) is 13.8. The number of aliphatic hydroxyl groups is 3. The van der Waals surface area contributed by atoms with Crippen LogP contribution in [0, 0.1) is 50.7 Å². The van der Waals surface area contributed by atoms with Crippen molar-refractivity contribution in [2.45, 2.75) is 118 Å². The van der Waals surface area contributed by atoms with E-state index >= 15 is 0 Å². The second-order valence-corrected chi connectivity index (χ2v) is 14.8. The van der Waals surface area contributed by atoms with Crippen LogP contribution < -0.4 is 0 Å². The lowest BCUT2D eigenvalue weighted by Gasteiger charge is -2.67. The molecular weight excluding hydrogens is 424 g/mol.